The first kappa shape index (κ1) is 15.5. The van der Waals surface area contributed by atoms with Gasteiger partial charge in [-0.3, -0.25) is 0 Å². The Kier molecular flexibility index (Phi) is 7.64. The Morgan fingerprint density at radius 3 is 2.58 bits per heavy atom. The summed E-state index contributed by atoms with van der Waals surface area (Å²) in [5.74, 6) is -0.181. The Morgan fingerprint density at radius 1 is 1.26 bits per heavy atom. The van der Waals surface area contributed by atoms with E-state index in [1.807, 2.05) is 18.3 Å². The van der Waals surface area contributed by atoms with Crippen LogP contribution in [0.2, 0.25) is 0 Å². The summed E-state index contributed by atoms with van der Waals surface area (Å²) >= 11 is 0. The summed E-state index contributed by atoms with van der Waals surface area (Å²) in [5, 5.41) is 0. The lowest BCUT2D eigenvalue weighted by Gasteiger charge is -2.19. The average Bonchev–Trinajstić information content (AvgIpc) is 2.41. The number of ether oxygens (including phenoxy) is 1. The number of methoxy groups -OCH3 is 1. The second kappa shape index (κ2) is 9.37. The quantitative estimate of drug-likeness (QED) is 0.500. The zero-order chi connectivity index (χ0) is 13.9. The maximum Gasteiger partial charge on any atom is 0.123 e. The van der Waals surface area contributed by atoms with Crippen LogP contribution in [0.15, 0.2) is 42.8 Å². The van der Waals surface area contributed by atoms with Crippen molar-refractivity contribution in [3.05, 3.63) is 54.2 Å². The third-order valence-corrected chi connectivity index (χ3v) is 2.89. The monoisotopic (exact) mass is 263 g/mol. The fourth-order valence-corrected chi connectivity index (χ4v) is 1.92. The number of benzene rings is 1. The Labute approximate surface area is 115 Å². The molecule has 0 saturated heterocycles. The van der Waals surface area contributed by atoms with Crippen LogP contribution in [-0.4, -0.2) is 31.7 Å². The van der Waals surface area contributed by atoms with Gasteiger partial charge >= 0.3 is 0 Å². The predicted molar refractivity (Wildman–Crippen MR) is 76.5 cm³/mol. The molecule has 0 atom stereocenters. The minimum atomic E-state index is -0.181. The smallest absolute Gasteiger partial charge is 0.123 e. The molecule has 1 aromatic carbocycles. The third kappa shape index (κ3) is 6.80. The summed E-state index contributed by atoms with van der Waals surface area (Å²) < 4.78 is 17.8. The van der Waals surface area contributed by atoms with Crippen molar-refractivity contribution in [1.82, 2.24) is 4.90 Å². The molecular weight excluding hydrogens is 241 g/mol. The van der Waals surface area contributed by atoms with E-state index in [1.165, 1.54) is 17.7 Å². The molecule has 0 unspecified atom stereocenters. The van der Waals surface area contributed by atoms with E-state index in [-0.39, 0.29) is 5.82 Å². The van der Waals surface area contributed by atoms with Crippen LogP contribution in [0, 0.1) is 5.82 Å². The van der Waals surface area contributed by atoms with Gasteiger partial charge in [0.05, 0.1) is 0 Å². The predicted octanol–water partition coefficient (Wildman–Crippen LogP) is 3.40. The fourth-order valence-electron chi connectivity index (χ4n) is 1.92. The fraction of sp³-hybridized carbons (Fsp3) is 0.438. The van der Waals surface area contributed by atoms with Gasteiger partial charge in [-0.05, 0) is 37.0 Å². The molecule has 0 amide bonds. The Hall–Kier alpha value is -1.57. The molecule has 0 N–H and O–H groups in total. The van der Waals surface area contributed by atoms with Crippen LogP contribution in [0.25, 0.3) is 0 Å². The molecule has 0 radical (unpaired) electrons. The molecule has 3 heteroatoms. The van der Waals surface area contributed by atoms with Crippen LogP contribution in [0.1, 0.15) is 18.4 Å². The Morgan fingerprint density at radius 2 is 1.95 bits per heavy atom. The maximum absolute atomic E-state index is 12.8. The van der Waals surface area contributed by atoms with E-state index in [0.717, 1.165) is 39.0 Å². The molecule has 0 aromatic heterocycles. The minimum absolute atomic E-state index is 0.181. The molecule has 0 aliphatic heterocycles. The summed E-state index contributed by atoms with van der Waals surface area (Å²) in [5.41, 5.74) is 3.98. The van der Waals surface area contributed by atoms with E-state index in [9.17, 15) is 4.39 Å². The van der Waals surface area contributed by atoms with Crippen molar-refractivity contribution in [3.8, 4) is 0 Å². The molecule has 2 nitrogen and oxygen atoms in total. The van der Waals surface area contributed by atoms with E-state index in [0.29, 0.717) is 0 Å². The molecule has 0 aliphatic rings. The number of nitrogens with zero attached hydrogens (tertiary/aromatic N) is 1. The van der Waals surface area contributed by atoms with E-state index < -0.39 is 0 Å². The molecular formula is C16H22FNO. The highest BCUT2D eigenvalue weighted by Crippen LogP contribution is 2.06. The summed E-state index contributed by atoms with van der Waals surface area (Å²) in [6, 6.07) is 6.70. The van der Waals surface area contributed by atoms with Crippen molar-refractivity contribution in [2.75, 3.05) is 26.8 Å². The first-order valence-electron chi connectivity index (χ1n) is 6.59. The van der Waals surface area contributed by atoms with E-state index in [2.05, 4.69) is 17.2 Å². The molecule has 1 aromatic rings. The third-order valence-electron chi connectivity index (χ3n) is 2.89. The van der Waals surface area contributed by atoms with Gasteiger partial charge in [-0.1, -0.05) is 18.7 Å². The van der Waals surface area contributed by atoms with Gasteiger partial charge in [0, 0.05) is 33.0 Å². The summed E-state index contributed by atoms with van der Waals surface area (Å²) in [6.07, 6.45) is 4.86. The SMILES string of the molecule is C=C=CN(CCCOC)CCCc1ccc(F)cc1. The lowest BCUT2D eigenvalue weighted by molar-refractivity contribution is 0.183. The Balaban J connectivity index is 2.31. The zero-order valence-electron chi connectivity index (χ0n) is 11.6. The summed E-state index contributed by atoms with van der Waals surface area (Å²) in [4.78, 5) is 2.19. The van der Waals surface area contributed by atoms with Gasteiger partial charge < -0.3 is 9.64 Å². The van der Waals surface area contributed by atoms with Crippen molar-refractivity contribution in [3.63, 3.8) is 0 Å². The van der Waals surface area contributed by atoms with E-state index in [1.54, 1.807) is 7.11 Å². The van der Waals surface area contributed by atoms with Gasteiger partial charge in [-0.15, -0.1) is 5.73 Å². The van der Waals surface area contributed by atoms with Gasteiger partial charge in [0.25, 0.3) is 0 Å². The highest BCUT2D eigenvalue weighted by Gasteiger charge is 2.00. The van der Waals surface area contributed by atoms with Crippen LogP contribution in [-0.2, 0) is 11.2 Å². The average molecular weight is 263 g/mol. The van der Waals surface area contributed by atoms with Crippen molar-refractivity contribution >= 4 is 0 Å². The zero-order valence-corrected chi connectivity index (χ0v) is 11.6. The van der Waals surface area contributed by atoms with E-state index in [4.69, 9.17) is 4.74 Å². The topological polar surface area (TPSA) is 12.5 Å². The molecule has 0 aliphatic carbocycles. The second-order valence-electron chi connectivity index (χ2n) is 4.45. The minimum Gasteiger partial charge on any atom is -0.385 e. The standard InChI is InChI=1S/C16H22FNO/c1-3-11-18(13-5-14-19-2)12-4-6-15-7-9-16(17)10-8-15/h7-11H,1,4-6,12-14H2,2H3. The largest absolute Gasteiger partial charge is 0.385 e. The van der Waals surface area contributed by atoms with Gasteiger partial charge in [0.1, 0.15) is 5.82 Å². The molecule has 0 heterocycles. The molecule has 0 fully saturated rings. The van der Waals surface area contributed by atoms with Gasteiger partial charge in [0.15, 0.2) is 0 Å². The highest BCUT2D eigenvalue weighted by molar-refractivity contribution is 5.16. The molecule has 0 spiro atoms. The lowest BCUT2D eigenvalue weighted by Crippen LogP contribution is -2.21. The molecule has 0 bridgehead atoms. The number of halogens is 1. The summed E-state index contributed by atoms with van der Waals surface area (Å²) in [7, 11) is 1.71. The maximum atomic E-state index is 12.8. The molecule has 104 valence electrons. The van der Waals surface area contributed by atoms with Crippen LogP contribution in [0.5, 0.6) is 0 Å². The Bertz CT molecular complexity index is 396. The second-order valence-corrected chi connectivity index (χ2v) is 4.45. The number of hydrogen-bond acceptors (Lipinski definition) is 2. The van der Waals surface area contributed by atoms with Gasteiger partial charge in [-0.2, -0.15) is 0 Å². The first-order chi connectivity index (χ1) is 9.26. The van der Waals surface area contributed by atoms with Crippen molar-refractivity contribution in [1.29, 1.82) is 0 Å². The lowest BCUT2D eigenvalue weighted by atomic mass is 10.1. The van der Waals surface area contributed by atoms with E-state index >= 15 is 0 Å². The van der Waals surface area contributed by atoms with Crippen LogP contribution < -0.4 is 0 Å². The van der Waals surface area contributed by atoms with Crippen molar-refractivity contribution < 1.29 is 9.13 Å². The summed E-state index contributed by atoms with van der Waals surface area (Å²) in [6.45, 7) is 6.27. The van der Waals surface area contributed by atoms with Crippen molar-refractivity contribution in [2.45, 2.75) is 19.3 Å². The molecule has 1 rings (SSSR count). The molecule has 0 saturated carbocycles. The van der Waals surface area contributed by atoms with Crippen LogP contribution in [0.4, 0.5) is 4.39 Å². The first-order valence-corrected chi connectivity index (χ1v) is 6.59. The normalized spacial score (nSPS) is 10.0. The van der Waals surface area contributed by atoms with Gasteiger partial charge in [0.2, 0.25) is 0 Å². The van der Waals surface area contributed by atoms with Crippen molar-refractivity contribution in [2.24, 2.45) is 0 Å². The number of hydrogen-bond donors (Lipinski definition) is 0. The molecule has 19 heavy (non-hydrogen) atoms. The van der Waals surface area contributed by atoms with Gasteiger partial charge in [-0.25, -0.2) is 4.39 Å². The number of rotatable bonds is 9. The highest BCUT2D eigenvalue weighted by atomic mass is 19.1. The van der Waals surface area contributed by atoms with Crippen LogP contribution in [0.3, 0.4) is 0 Å². The number of aryl methyl sites for hydroxylation is 1. The van der Waals surface area contributed by atoms with Crippen LogP contribution >= 0.6 is 0 Å².